The molecule has 0 radical (unpaired) electrons. The van der Waals surface area contributed by atoms with Gasteiger partial charge in [0.15, 0.2) is 11.6 Å². The lowest BCUT2D eigenvalue weighted by atomic mass is 9.63. The van der Waals surface area contributed by atoms with Gasteiger partial charge in [-0.05, 0) is 47.5 Å². The van der Waals surface area contributed by atoms with Crippen molar-refractivity contribution in [2.75, 3.05) is 10.2 Å². The number of Topliss-reactive ketones (excluding diaryl/α,β-unsaturated/α-hetero) is 2. The molecule has 3 aliphatic heterocycles. The Morgan fingerprint density at radius 3 is 2.42 bits per heavy atom. The van der Waals surface area contributed by atoms with Crippen molar-refractivity contribution in [3.8, 4) is 0 Å². The van der Waals surface area contributed by atoms with Crippen LogP contribution in [-0.2, 0) is 15.0 Å². The smallest absolute Gasteiger partial charge is 0.238 e. The van der Waals surface area contributed by atoms with Crippen LogP contribution in [0.25, 0.3) is 6.08 Å². The van der Waals surface area contributed by atoms with Crippen molar-refractivity contribution in [2.24, 2.45) is 11.3 Å². The van der Waals surface area contributed by atoms with Gasteiger partial charge >= 0.3 is 0 Å². The van der Waals surface area contributed by atoms with E-state index in [2.05, 4.69) is 5.32 Å². The summed E-state index contributed by atoms with van der Waals surface area (Å²) in [7, 11) is 0. The third-order valence-corrected chi connectivity index (χ3v) is 8.59. The molecule has 1 N–H and O–H groups in total. The van der Waals surface area contributed by atoms with Gasteiger partial charge in [0, 0.05) is 27.4 Å². The van der Waals surface area contributed by atoms with E-state index in [1.54, 1.807) is 30.3 Å². The highest BCUT2D eigenvalue weighted by atomic mass is 35.5. The van der Waals surface area contributed by atoms with Crippen LogP contribution in [0.15, 0.2) is 72.8 Å². The van der Waals surface area contributed by atoms with Gasteiger partial charge in [-0.25, -0.2) is 0 Å². The molecule has 1 saturated heterocycles. The lowest BCUT2D eigenvalue weighted by Crippen LogP contribution is -2.51. The largest absolute Gasteiger partial charge is 0.352 e. The summed E-state index contributed by atoms with van der Waals surface area (Å²) >= 11 is 12.9. The molecule has 0 unspecified atom stereocenters. The molecule has 4 atom stereocenters. The fourth-order valence-electron chi connectivity index (χ4n) is 6.42. The third kappa shape index (κ3) is 3.35. The Morgan fingerprint density at radius 1 is 0.974 bits per heavy atom. The van der Waals surface area contributed by atoms with Crippen LogP contribution in [0.4, 0.5) is 11.4 Å². The van der Waals surface area contributed by atoms with E-state index in [-0.39, 0.29) is 22.5 Å². The molecule has 0 bridgehead atoms. The summed E-state index contributed by atoms with van der Waals surface area (Å²) in [6.07, 6.45) is 3.86. The van der Waals surface area contributed by atoms with Crippen molar-refractivity contribution in [1.29, 1.82) is 0 Å². The number of halogens is 2. The molecule has 0 aliphatic carbocycles. The number of fused-ring (bicyclic) bond motifs is 6. The Hall–Kier alpha value is -3.41. The minimum absolute atomic E-state index is 0.127. The minimum atomic E-state index is -1.35. The van der Waals surface area contributed by atoms with E-state index in [1.165, 1.54) is 0 Å². The van der Waals surface area contributed by atoms with Crippen molar-refractivity contribution < 1.29 is 14.4 Å². The summed E-state index contributed by atoms with van der Waals surface area (Å²) in [4.78, 5) is 45.2. The van der Waals surface area contributed by atoms with Crippen molar-refractivity contribution in [3.05, 3.63) is 99.5 Å². The number of carbonyl (C=O) groups is 3. The van der Waals surface area contributed by atoms with Gasteiger partial charge in [-0.2, -0.15) is 0 Å². The van der Waals surface area contributed by atoms with E-state index in [4.69, 9.17) is 23.2 Å². The fourth-order valence-corrected chi connectivity index (χ4v) is 6.83. The van der Waals surface area contributed by atoms with Gasteiger partial charge in [0.1, 0.15) is 11.5 Å². The van der Waals surface area contributed by atoms with Crippen LogP contribution >= 0.6 is 23.2 Å². The average Bonchev–Trinajstić information content (AvgIpc) is 3.35. The standard InChI is InChI=1S/C31H26Cl2N2O3/c1-30(2,3)28(37)26-25(27(36)19-8-4-6-10-21(19)33)31(20-9-5-7-11-22(20)34-29(31)38)24-15-12-17-16-18(32)13-14-23(17)35(24)26/h4-16,24-26H,1-3H3,(H,34,38)/t24-,25+,26-,31-/m1/s1. The molecule has 3 aromatic rings. The van der Waals surface area contributed by atoms with E-state index in [9.17, 15) is 14.4 Å². The molecule has 0 aromatic heterocycles. The SMILES string of the molecule is CC(C)(C)C(=O)[C@H]1[C@@H](C(=O)c2ccccc2Cl)[C@]2(C(=O)Nc3ccccc32)[C@H]2C=Cc3cc(Cl)ccc3N12. The van der Waals surface area contributed by atoms with E-state index in [1.807, 2.05) is 74.2 Å². The Bertz CT molecular complexity index is 1560. The summed E-state index contributed by atoms with van der Waals surface area (Å²) in [5, 5.41) is 3.88. The van der Waals surface area contributed by atoms with Gasteiger partial charge in [0.05, 0.1) is 17.0 Å². The quantitative estimate of drug-likeness (QED) is 0.378. The molecule has 5 nitrogen and oxygen atoms in total. The van der Waals surface area contributed by atoms with Gasteiger partial charge in [-0.3, -0.25) is 14.4 Å². The van der Waals surface area contributed by atoms with Gasteiger partial charge in [0.2, 0.25) is 5.91 Å². The molecule has 38 heavy (non-hydrogen) atoms. The Morgan fingerprint density at radius 2 is 1.68 bits per heavy atom. The van der Waals surface area contributed by atoms with Crippen molar-refractivity contribution in [3.63, 3.8) is 0 Å². The number of para-hydroxylation sites is 1. The van der Waals surface area contributed by atoms with Crippen LogP contribution < -0.4 is 10.2 Å². The van der Waals surface area contributed by atoms with Crippen LogP contribution in [0.3, 0.4) is 0 Å². The summed E-state index contributed by atoms with van der Waals surface area (Å²) < 4.78 is 0. The number of nitrogens with zero attached hydrogens (tertiary/aromatic N) is 1. The predicted octanol–water partition coefficient (Wildman–Crippen LogP) is 6.58. The molecule has 3 aromatic carbocycles. The number of ketones is 2. The zero-order valence-electron chi connectivity index (χ0n) is 21.2. The fraction of sp³-hybridized carbons (Fsp3) is 0.258. The van der Waals surface area contributed by atoms with Crippen LogP contribution in [-0.4, -0.2) is 29.6 Å². The summed E-state index contributed by atoms with van der Waals surface area (Å²) in [6.45, 7) is 5.53. The second kappa shape index (κ2) is 8.55. The van der Waals surface area contributed by atoms with E-state index in [0.29, 0.717) is 21.8 Å². The van der Waals surface area contributed by atoms with Crippen LogP contribution in [0.5, 0.6) is 0 Å². The molecule has 7 heteroatoms. The first-order chi connectivity index (χ1) is 18.1. The third-order valence-electron chi connectivity index (χ3n) is 8.02. The maximum atomic E-state index is 14.6. The van der Waals surface area contributed by atoms with Gasteiger partial charge in [0.25, 0.3) is 0 Å². The van der Waals surface area contributed by atoms with Crippen LogP contribution in [0.1, 0.15) is 42.3 Å². The summed E-state index contributed by atoms with van der Waals surface area (Å²) in [5.74, 6) is -1.79. The topological polar surface area (TPSA) is 66.5 Å². The van der Waals surface area contributed by atoms with Crippen LogP contribution in [0.2, 0.25) is 10.0 Å². The number of rotatable bonds is 3. The van der Waals surface area contributed by atoms with E-state index in [0.717, 1.165) is 11.3 Å². The number of hydrogen-bond acceptors (Lipinski definition) is 4. The molecular formula is C31H26Cl2N2O3. The minimum Gasteiger partial charge on any atom is -0.352 e. The van der Waals surface area contributed by atoms with Gasteiger partial charge in [-0.15, -0.1) is 0 Å². The molecule has 1 fully saturated rings. The molecule has 3 aliphatic rings. The first kappa shape index (κ1) is 24.9. The lowest BCUT2D eigenvalue weighted by Gasteiger charge is -2.38. The molecule has 6 rings (SSSR count). The zero-order valence-corrected chi connectivity index (χ0v) is 22.7. The Labute approximate surface area is 231 Å². The number of hydrogen-bond donors (Lipinski definition) is 1. The number of nitrogens with one attached hydrogen (secondary N) is 1. The van der Waals surface area contributed by atoms with Crippen molar-refractivity contribution in [2.45, 2.75) is 38.3 Å². The number of anilines is 2. The van der Waals surface area contributed by atoms with E-state index < -0.39 is 28.8 Å². The number of benzene rings is 3. The first-order valence-corrected chi connectivity index (χ1v) is 13.3. The van der Waals surface area contributed by atoms with Gasteiger partial charge < -0.3 is 10.2 Å². The highest BCUT2D eigenvalue weighted by molar-refractivity contribution is 6.34. The summed E-state index contributed by atoms with van der Waals surface area (Å²) in [6, 6.07) is 18.2. The lowest BCUT2D eigenvalue weighted by molar-refractivity contribution is -0.128. The second-order valence-corrected chi connectivity index (χ2v) is 12.0. The van der Waals surface area contributed by atoms with Crippen molar-refractivity contribution >= 4 is 58.1 Å². The molecular weight excluding hydrogens is 519 g/mol. The highest BCUT2D eigenvalue weighted by Crippen LogP contribution is 2.58. The Kier molecular flexibility index (Phi) is 5.60. The maximum absolute atomic E-state index is 14.6. The molecule has 1 amide bonds. The van der Waals surface area contributed by atoms with Gasteiger partial charge in [-0.1, -0.05) is 86.5 Å². The molecule has 192 valence electrons. The average molecular weight is 545 g/mol. The highest BCUT2D eigenvalue weighted by Gasteiger charge is 2.70. The Balaban J connectivity index is 1.70. The molecule has 1 spiro atoms. The monoisotopic (exact) mass is 544 g/mol. The zero-order chi connectivity index (χ0) is 27.0. The number of amides is 1. The number of carbonyl (C=O) groups excluding carboxylic acids is 3. The predicted molar refractivity (Wildman–Crippen MR) is 151 cm³/mol. The van der Waals surface area contributed by atoms with E-state index >= 15 is 0 Å². The molecule has 3 heterocycles. The molecule has 0 saturated carbocycles. The first-order valence-electron chi connectivity index (χ1n) is 12.6. The van der Waals surface area contributed by atoms with Crippen molar-refractivity contribution in [1.82, 2.24) is 0 Å². The maximum Gasteiger partial charge on any atom is 0.238 e. The second-order valence-electron chi connectivity index (χ2n) is 11.2. The summed E-state index contributed by atoms with van der Waals surface area (Å²) in [5.41, 5.74) is 1.09. The normalized spacial score (nSPS) is 25.1. The van der Waals surface area contributed by atoms with Crippen LogP contribution in [0, 0.1) is 11.3 Å².